The molecule has 0 aromatic heterocycles. The molecule has 0 atom stereocenters. The molecule has 0 radical (unpaired) electrons. The number of thioether (sulfide) groups is 1. The number of rotatable bonds is 8. The van der Waals surface area contributed by atoms with Gasteiger partial charge in [0.15, 0.2) is 6.61 Å². The molecule has 172 valence electrons. The van der Waals surface area contributed by atoms with Crippen molar-refractivity contribution < 1.29 is 14.3 Å². The van der Waals surface area contributed by atoms with Gasteiger partial charge in [-0.1, -0.05) is 84.1 Å². The molecular weight excluding hydrogens is 488 g/mol. The van der Waals surface area contributed by atoms with Crippen LogP contribution in [-0.2, 0) is 16.0 Å². The van der Waals surface area contributed by atoms with Crippen molar-refractivity contribution in [2.24, 2.45) is 0 Å². The zero-order valence-electron chi connectivity index (χ0n) is 18.1. The Kier molecular flexibility index (Phi) is 8.00. The molecule has 34 heavy (non-hydrogen) atoms. The van der Waals surface area contributed by atoms with Crippen molar-refractivity contribution in [1.82, 2.24) is 4.90 Å². The largest absolute Gasteiger partial charge is 0.483 e. The smallest absolute Gasteiger partial charge is 0.266 e. The Morgan fingerprint density at radius 1 is 1.03 bits per heavy atom. The van der Waals surface area contributed by atoms with E-state index in [0.29, 0.717) is 37.8 Å². The van der Waals surface area contributed by atoms with Gasteiger partial charge in [-0.25, -0.2) is 0 Å². The normalized spacial score (nSPS) is 14.5. The first-order valence-electron chi connectivity index (χ1n) is 10.6. The monoisotopic (exact) mass is 508 g/mol. The van der Waals surface area contributed by atoms with Gasteiger partial charge in [-0.15, -0.1) is 0 Å². The van der Waals surface area contributed by atoms with Crippen LogP contribution in [0.25, 0.3) is 6.08 Å². The second-order valence-corrected chi connectivity index (χ2v) is 9.56. The average Bonchev–Trinajstić information content (AvgIpc) is 3.11. The highest BCUT2D eigenvalue weighted by Crippen LogP contribution is 2.34. The molecule has 0 bridgehead atoms. The molecule has 4 rings (SSSR count). The predicted molar refractivity (Wildman–Crippen MR) is 142 cm³/mol. The summed E-state index contributed by atoms with van der Waals surface area (Å²) in [4.78, 5) is 27.4. The van der Waals surface area contributed by atoms with Crippen LogP contribution in [0.15, 0.2) is 83.8 Å². The lowest BCUT2D eigenvalue weighted by Crippen LogP contribution is -2.30. The molecule has 5 nitrogen and oxygen atoms in total. The first-order chi connectivity index (χ1) is 16.5. The van der Waals surface area contributed by atoms with Crippen LogP contribution in [0.3, 0.4) is 0 Å². The summed E-state index contributed by atoms with van der Waals surface area (Å²) >= 11 is 12.6. The van der Waals surface area contributed by atoms with Crippen LogP contribution < -0.4 is 10.1 Å². The van der Waals surface area contributed by atoms with Gasteiger partial charge in [-0.3, -0.25) is 14.5 Å². The second kappa shape index (κ2) is 11.3. The summed E-state index contributed by atoms with van der Waals surface area (Å²) in [5.74, 6) is 0.0777. The third kappa shape index (κ3) is 6.26. The molecule has 0 spiro atoms. The van der Waals surface area contributed by atoms with E-state index in [-0.39, 0.29) is 18.4 Å². The minimum Gasteiger partial charge on any atom is -0.483 e. The Morgan fingerprint density at radius 2 is 1.74 bits per heavy atom. The van der Waals surface area contributed by atoms with Crippen molar-refractivity contribution in [3.63, 3.8) is 0 Å². The van der Waals surface area contributed by atoms with Gasteiger partial charge in [0.25, 0.3) is 11.8 Å². The summed E-state index contributed by atoms with van der Waals surface area (Å²) < 4.78 is 6.28. The average molecular weight is 509 g/mol. The zero-order valence-corrected chi connectivity index (χ0v) is 20.5. The molecule has 1 N–H and O–H groups in total. The number of amides is 2. The number of nitrogens with one attached hydrogen (secondary N) is 1. The summed E-state index contributed by atoms with van der Waals surface area (Å²) in [5, 5.41) is 3.35. The number of para-hydroxylation sites is 1. The molecule has 1 aliphatic heterocycles. The fraction of sp³-hybridized carbons (Fsp3) is 0.115. The number of hydrogen-bond donors (Lipinski definition) is 1. The lowest BCUT2D eigenvalue weighted by Gasteiger charge is -2.14. The van der Waals surface area contributed by atoms with E-state index in [1.54, 1.807) is 41.3 Å². The topological polar surface area (TPSA) is 58.6 Å². The fourth-order valence-corrected chi connectivity index (χ4v) is 4.75. The maximum atomic E-state index is 13.0. The van der Waals surface area contributed by atoms with Gasteiger partial charge >= 0.3 is 0 Å². The van der Waals surface area contributed by atoms with Gasteiger partial charge in [-0.2, -0.15) is 0 Å². The SMILES string of the molecule is O=C(COc1ccccc1/C=C1\SC(=S)N(CCc2ccccc2)C1=O)Nc1ccc(Cl)cc1. The Hall–Kier alpha value is -3.13. The first-order valence-corrected chi connectivity index (χ1v) is 12.2. The Bertz CT molecular complexity index is 1230. The van der Waals surface area contributed by atoms with E-state index < -0.39 is 0 Å². The quantitative estimate of drug-likeness (QED) is 0.308. The number of thiocarbonyl (C=S) groups is 1. The van der Waals surface area contributed by atoms with Crippen molar-refractivity contribution >= 4 is 63.5 Å². The van der Waals surface area contributed by atoms with Crippen molar-refractivity contribution in [2.45, 2.75) is 6.42 Å². The highest BCUT2D eigenvalue weighted by atomic mass is 35.5. The van der Waals surface area contributed by atoms with E-state index >= 15 is 0 Å². The van der Waals surface area contributed by atoms with Crippen LogP contribution in [-0.4, -0.2) is 34.2 Å². The van der Waals surface area contributed by atoms with Gasteiger partial charge in [0.1, 0.15) is 10.1 Å². The lowest BCUT2D eigenvalue weighted by atomic mass is 10.1. The number of ether oxygens (including phenoxy) is 1. The van der Waals surface area contributed by atoms with Crippen LogP contribution in [0.2, 0.25) is 5.02 Å². The van der Waals surface area contributed by atoms with E-state index in [1.165, 1.54) is 11.8 Å². The van der Waals surface area contributed by atoms with Gasteiger partial charge in [0, 0.05) is 22.8 Å². The number of nitrogens with zero attached hydrogens (tertiary/aromatic N) is 1. The maximum Gasteiger partial charge on any atom is 0.266 e. The Morgan fingerprint density at radius 3 is 2.50 bits per heavy atom. The first kappa shape index (κ1) is 24.0. The van der Waals surface area contributed by atoms with Crippen molar-refractivity contribution in [3.8, 4) is 5.75 Å². The molecule has 1 saturated heterocycles. The summed E-state index contributed by atoms with van der Waals surface area (Å²) in [7, 11) is 0. The van der Waals surface area contributed by atoms with Crippen LogP contribution in [0, 0.1) is 0 Å². The molecule has 0 unspecified atom stereocenters. The van der Waals surface area contributed by atoms with Crippen LogP contribution in [0.4, 0.5) is 5.69 Å². The van der Waals surface area contributed by atoms with Gasteiger partial charge in [0.2, 0.25) is 0 Å². The lowest BCUT2D eigenvalue weighted by molar-refractivity contribution is -0.122. The number of carbonyl (C=O) groups excluding carboxylic acids is 2. The Balaban J connectivity index is 1.40. The molecule has 1 fully saturated rings. The maximum absolute atomic E-state index is 13.0. The van der Waals surface area contributed by atoms with E-state index in [1.807, 2.05) is 48.5 Å². The minimum absolute atomic E-state index is 0.124. The molecule has 1 heterocycles. The van der Waals surface area contributed by atoms with E-state index in [4.69, 9.17) is 28.6 Å². The van der Waals surface area contributed by atoms with E-state index in [9.17, 15) is 9.59 Å². The number of carbonyl (C=O) groups is 2. The summed E-state index contributed by atoms with van der Waals surface area (Å²) in [5.41, 5.74) is 2.48. The van der Waals surface area contributed by atoms with E-state index in [2.05, 4.69) is 5.32 Å². The molecule has 0 aliphatic carbocycles. The third-order valence-corrected chi connectivity index (χ3v) is 6.66. The van der Waals surface area contributed by atoms with Crippen LogP contribution in [0.5, 0.6) is 5.75 Å². The summed E-state index contributed by atoms with van der Waals surface area (Å²) in [6.07, 6.45) is 2.48. The number of halogens is 1. The zero-order chi connectivity index (χ0) is 23.9. The van der Waals surface area contributed by atoms with Crippen molar-refractivity contribution in [2.75, 3.05) is 18.5 Å². The molecule has 3 aromatic rings. The number of hydrogen-bond acceptors (Lipinski definition) is 5. The van der Waals surface area contributed by atoms with Crippen molar-refractivity contribution in [1.29, 1.82) is 0 Å². The highest BCUT2D eigenvalue weighted by molar-refractivity contribution is 8.26. The predicted octanol–water partition coefficient (Wildman–Crippen LogP) is 5.80. The van der Waals surface area contributed by atoms with Crippen LogP contribution in [0.1, 0.15) is 11.1 Å². The standard InChI is InChI=1S/C26H21ClN2O3S2/c27-20-10-12-21(13-11-20)28-24(30)17-32-22-9-5-4-8-19(22)16-23-25(31)29(26(33)34-23)15-14-18-6-2-1-3-7-18/h1-13,16H,14-15,17H2,(H,28,30)/b23-16-. The van der Waals surface area contributed by atoms with Crippen molar-refractivity contribution in [3.05, 3.63) is 99.9 Å². The summed E-state index contributed by atoms with van der Waals surface area (Å²) in [6.45, 7) is 0.348. The Labute approximate surface area is 212 Å². The second-order valence-electron chi connectivity index (χ2n) is 7.45. The highest BCUT2D eigenvalue weighted by Gasteiger charge is 2.31. The van der Waals surface area contributed by atoms with Crippen LogP contribution >= 0.6 is 35.6 Å². The third-order valence-electron chi connectivity index (χ3n) is 5.03. The molecule has 8 heteroatoms. The number of benzene rings is 3. The minimum atomic E-state index is -0.302. The van der Waals surface area contributed by atoms with Gasteiger partial charge in [-0.05, 0) is 48.4 Å². The molecule has 2 amide bonds. The van der Waals surface area contributed by atoms with E-state index in [0.717, 1.165) is 12.0 Å². The molecule has 3 aromatic carbocycles. The molecule has 0 saturated carbocycles. The molecular formula is C26H21ClN2O3S2. The molecule has 1 aliphatic rings. The fourth-order valence-electron chi connectivity index (χ4n) is 3.32. The number of anilines is 1. The summed E-state index contributed by atoms with van der Waals surface area (Å²) in [6, 6.07) is 24.1. The van der Waals surface area contributed by atoms with Gasteiger partial charge in [0.05, 0.1) is 4.91 Å². The van der Waals surface area contributed by atoms with Gasteiger partial charge < -0.3 is 10.1 Å².